The third-order valence-corrected chi connectivity index (χ3v) is 4.84. The number of hydrogen-bond acceptors (Lipinski definition) is 5. The van der Waals surface area contributed by atoms with E-state index in [1.165, 1.54) is 18.3 Å². The Morgan fingerprint density at radius 2 is 2.07 bits per heavy atom. The number of carbonyl (C=O) groups is 2. The van der Waals surface area contributed by atoms with Gasteiger partial charge >= 0.3 is 6.18 Å². The number of nitrogens with zero attached hydrogens (tertiary/aromatic N) is 1. The van der Waals surface area contributed by atoms with Crippen LogP contribution >= 0.6 is 22.9 Å². The van der Waals surface area contributed by atoms with Crippen LogP contribution in [0.3, 0.4) is 0 Å². The lowest BCUT2D eigenvalue weighted by Crippen LogP contribution is -2.34. The number of nitrogens with one attached hydrogen (secondary N) is 3. The summed E-state index contributed by atoms with van der Waals surface area (Å²) in [7, 11) is 0. The van der Waals surface area contributed by atoms with Gasteiger partial charge in [0.25, 0.3) is 0 Å². The summed E-state index contributed by atoms with van der Waals surface area (Å²) in [5.74, 6) is -0.421. The van der Waals surface area contributed by atoms with Crippen LogP contribution in [0.4, 0.5) is 19.0 Å². The lowest BCUT2D eigenvalue weighted by molar-refractivity contribution is -0.137. The first-order chi connectivity index (χ1) is 13.2. The van der Waals surface area contributed by atoms with Crippen LogP contribution in [-0.4, -0.2) is 29.9 Å². The number of amides is 2. The van der Waals surface area contributed by atoms with Crippen LogP contribution in [0.25, 0.3) is 0 Å². The molecule has 0 aliphatic carbocycles. The summed E-state index contributed by atoms with van der Waals surface area (Å²) in [5.41, 5.74) is -0.936. The zero-order chi connectivity index (χ0) is 20.7. The standard InChI is InChI=1S/C17H18ClF3N4O2S/c1-10(26)25-13(14-3-2-6-28-14)8-15(27)22-4-5-23-16-12(18)7-11(9-24-16)17(19,20)21/h2-3,6-7,9,13H,4-5,8H2,1H3,(H,22,27)(H,23,24)(H,25,26)/t13-/m0/s1. The van der Waals surface area contributed by atoms with Gasteiger partial charge in [0.05, 0.1) is 23.0 Å². The molecule has 152 valence electrons. The van der Waals surface area contributed by atoms with E-state index in [0.29, 0.717) is 6.20 Å². The molecule has 3 N–H and O–H groups in total. The van der Waals surface area contributed by atoms with Crippen molar-refractivity contribution in [2.45, 2.75) is 25.6 Å². The van der Waals surface area contributed by atoms with Gasteiger partial charge in [-0.1, -0.05) is 17.7 Å². The second kappa shape index (κ2) is 9.74. The number of alkyl halides is 3. The number of anilines is 1. The van der Waals surface area contributed by atoms with Gasteiger partial charge in [0, 0.05) is 31.1 Å². The maximum Gasteiger partial charge on any atom is 0.417 e. The molecule has 0 saturated heterocycles. The lowest BCUT2D eigenvalue weighted by atomic mass is 10.1. The average Bonchev–Trinajstić information content (AvgIpc) is 3.12. The number of thiophene rings is 1. The third-order valence-electron chi connectivity index (χ3n) is 3.56. The highest BCUT2D eigenvalue weighted by Gasteiger charge is 2.31. The van der Waals surface area contributed by atoms with Crippen molar-refractivity contribution in [3.8, 4) is 0 Å². The van der Waals surface area contributed by atoms with Gasteiger partial charge in [0.1, 0.15) is 5.82 Å². The van der Waals surface area contributed by atoms with Gasteiger partial charge < -0.3 is 16.0 Å². The smallest absolute Gasteiger partial charge is 0.367 e. The van der Waals surface area contributed by atoms with Gasteiger partial charge in [-0.3, -0.25) is 9.59 Å². The molecule has 0 aromatic carbocycles. The van der Waals surface area contributed by atoms with Gasteiger partial charge in [-0.25, -0.2) is 4.98 Å². The molecule has 2 aromatic heterocycles. The van der Waals surface area contributed by atoms with E-state index in [1.54, 1.807) is 0 Å². The predicted octanol–water partition coefficient (Wildman–Crippen LogP) is 3.61. The Labute approximate surface area is 168 Å². The normalized spacial score (nSPS) is 12.3. The minimum Gasteiger partial charge on any atom is -0.367 e. The fourth-order valence-electron chi connectivity index (χ4n) is 2.32. The molecular formula is C17H18ClF3N4O2S. The van der Waals surface area contributed by atoms with Crippen molar-refractivity contribution < 1.29 is 22.8 Å². The fraction of sp³-hybridized carbons (Fsp3) is 0.353. The molecule has 6 nitrogen and oxygen atoms in total. The summed E-state index contributed by atoms with van der Waals surface area (Å²) >= 11 is 7.23. The Morgan fingerprint density at radius 3 is 2.64 bits per heavy atom. The van der Waals surface area contributed by atoms with Crippen LogP contribution in [0.5, 0.6) is 0 Å². The Bertz CT molecular complexity index is 815. The largest absolute Gasteiger partial charge is 0.417 e. The first-order valence-corrected chi connectivity index (χ1v) is 9.46. The monoisotopic (exact) mass is 434 g/mol. The van der Waals surface area contributed by atoms with E-state index in [9.17, 15) is 22.8 Å². The molecule has 0 fully saturated rings. The molecule has 0 saturated carbocycles. The molecule has 2 heterocycles. The minimum absolute atomic E-state index is 0.0688. The van der Waals surface area contributed by atoms with E-state index in [1.807, 2.05) is 17.5 Å². The highest BCUT2D eigenvalue weighted by Crippen LogP contribution is 2.32. The Balaban J connectivity index is 1.81. The SMILES string of the molecule is CC(=O)N[C@@H](CC(=O)NCCNc1ncc(C(F)(F)F)cc1Cl)c1cccs1. The number of pyridine rings is 1. The maximum atomic E-state index is 12.6. The highest BCUT2D eigenvalue weighted by atomic mass is 35.5. The fourth-order valence-corrected chi connectivity index (χ4v) is 3.33. The van der Waals surface area contributed by atoms with Crippen molar-refractivity contribution in [2.24, 2.45) is 0 Å². The number of hydrogen-bond donors (Lipinski definition) is 3. The molecule has 0 bridgehead atoms. The summed E-state index contributed by atoms with van der Waals surface area (Å²) in [6, 6.07) is 4.03. The van der Waals surface area contributed by atoms with E-state index in [4.69, 9.17) is 11.6 Å². The lowest BCUT2D eigenvalue weighted by Gasteiger charge is -2.16. The molecule has 28 heavy (non-hydrogen) atoms. The topological polar surface area (TPSA) is 83.1 Å². The predicted molar refractivity (Wildman–Crippen MR) is 101 cm³/mol. The Morgan fingerprint density at radius 1 is 1.32 bits per heavy atom. The van der Waals surface area contributed by atoms with E-state index in [0.717, 1.165) is 10.9 Å². The summed E-state index contributed by atoms with van der Waals surface area (Å²) in [6.45, 7) is 1.80. The van der Waals surface area contributed by atoms with Crippen molar-refractivity contribution in [2.75, 3.05) is 18.4 Å². The minimum atomic E-state index is -4.52. The second-order valence-corrected chi connectivity index (χ2v) is 7.19. The van der Waals surface area contributed by atoms with Gasteiger partial charge in [-0.05, 0) is 17.5 Å². The van der Waals surface area contributed by atoms with Crippen molar-refractivity contribution in [1.29, 1.82) is 0 Å². The summed E-state index contributed by atoms with van der Waals surface area (Å²) in [6.07, 6.45) is -3.76. The molecule has 0 aliphatic rings. The molecule has 0 radical (unpaired) electrons. The maximum absolute atomic E-state index is 12.6. The first-order valence-electron chi connectivity index (χ1n) is 8.20. The molecule has 0 unspecified atom stereocenters. The summed E-state index contributed by atoms with van der Waals surface area (Å²) in [5, 5.41) is 9.86. The van der Waals surface area contributed by atoms with E-state index < -0.39 is 17.8 Å². The Kier molecular flexibility index (Phi) is 7.64. The second-order valence-electron chi connectivity index (χ2n) is 5.80. The molecule has 2 amide bonds. The van der Waals surface area contributed by atoms with Gasteiger partial charge in [-0.2, -0.15) is 13.2 Å². The van der Waals surface area contributed by atoms with Crippen molar-refractivity contribution >= 4 is 40.6 Å². The number of rotatable bonds is 8. The molecule has 2 rings (SSSR count). The third kappa shape index (κ3) is 6.68. The first kappa shape index (κ1) is 22.0. The number of aromatic nitrogens is 1. The van der Waals surface area contributed by atoms with Gasteiger partial charge in [-0.15, -0.1) is 11.3 Å². The number of carbonyl (C=O) groups excluding carboxylic acids is 2. The molecule has 11 heteroatoms. The van der Waals surface area contributed by atoms with E-state index in [-0.39, 0.29) is 42.2 Å². The van der Waals surface area contributed by atoms with E-state index >= 15 is 0 Å². The summed E-state index contributed by atoms with van der Waals surface area (Å²) in [4.78, 5) is 28.0. The zero-order valence-electron chi connectivity index (χ0n) is 14.8. The molecule has 0 spiro atoms. The molecular weight excluding hydrogens is 417 g/mol. The molecule has 2 aromatic rings. The zero-order valence-corrected chi connectivity index (χ0v) is 16.3. The molecule has 1 atom stereocenters. The van der Waals surface area contributed by atoms with Crippen LogP contribution in [0, 0.1) is 0 Å². The number of halogens is 4. The van der Waals surface area contributed by atoms with Gasteiger partial charge in [0.15, 0.2) is 0 Å². The van der Waals surface area contributed by atoms with Gasteiger partial charge in [0.2, 0.25) is 11.8 Å². The van der Waals surface area contributed by atoms with E-state index in [2.05, 4.69) is 20.9 Å². The van der Waals surface area contributed by atoms with Crippen molar-refractivity contribution in [3.05, 3.63) is 45.2 Å². The van der Waals surface area contributed by atoms with Crippen LogP contribution in [0.2, 0.25) is 5.02 Å². The van der Waals surface area contributed by atoms with Crippen LogP contribution < -0.4 is 16.0 Å². The highest BCUT2D eigenvalue weighted by molar-refractivity contribution is 7.10. The average molecular weight is 435 g/mol. The van der Waals surface area contributed by atoms with Crippen molar-refractivity contribution in [3.63, 3.8) is 0 Å². The Hall–Kier alpha value is -2.33. The molecule has 0 aliphatic heterocycles. The van der Waals surface area contributed by atoms with Crippen LogP contribution in [0.15, 0.2) is 29.8 Å². The van der Waals surface area contributed by atoms with Crippen molar-refractivity contribution in [1.82, 2.24) is 15.6 Å². The van der Waals surface area contributed by atoms with Crippen LogP contribution in [-0.2, 0) is 15.8 Å². The van der Waals surface area contributed by atoms with Crippen LogP contribution in [0.1, 0.15) is 29.8 Å². The summed E-state index contributed by atoms with van der Waals surface area (Å²) < 4.78 is 37.8. The quantitative estimate of drug-likeness (QED) is 0.554.